The second-order valence-corrected chi connectivity index (χ2v) is 8.11. The molecule has 0 aromatic carbocycles. The van der Waals surface area contributed by atoms with Gasteiger partial charge in [-0.1, -0.05) is 13.8 Å². The molecule has 34 heavy (non-hydrogen) atoms. The van der Waals surface area contributed by atoms with Gasteiger partial charge in [-0.25, -0.2) is 20.0 Å². The van der Waals surface area contributed by atoms with Crippen molar-refractivity contribution in [2.24, 2.45) is 31.6 Å². The van der Waals surface area contributed by atoms with Crippen LogP contribution in [0, 0.1) is 5.92 Å². The van der Waals surface area contributed by atoms with Gasteiger partial charge in [0.25, 0.3) is 0 Å². The standard InChI is InChI=1S/C25H23N5.4HI/c1-14(2)24-22-12-20-8-6-18(28-20)10-16-4-5-17(27-16)11-19-7-9-21(29-19)13-23(30-22)25(24)15(3)26;;;;/h4-15H,26H2,1-3H3;4*1H. The van der Waals surface area contributed by atoms with E-state index in [9.17, 15) is 0 Å². The van der Waals surface area contributed by atoms with Gasteiger partial charge in [-0.3, -0.25) is 0 Å². The molecule has 0 amide bonds. The molecule has 0 radical (unpaired) electrons. The maximum atomic E-state index is 6.39. The van der Waals surface area contributed by atoms with Crippen molar-refractivity contribution in [1.29, 1.82) is 0 Å². The molecule has 8 bridgehead atoms. The zero-order chi connectivity index (χ0) is 20.8. The predicted molar refractivity (Wildman–Crippen MR) is 187 cm³/mol. The van der Waals surface area contributed by atoms with E-state index in [0.717, 1.165) is 51.2 Å². The number of fused-ring (bicyclic) bond motifs is 4. The van der Waals surface area contributed by atoms with E-state index in [-0.39, 0.29) is 108 Å². The predicted octanol–water partition coefficient (Wildman–Crippen LogP) is 6.79. The largest absolute Gasteiger partial charge is 0.324 e. The average Bonchev–Trinajstić information content (AvgIpc) is 3.44. The van der Waals surface area contributed by atoms with Crippen LogP contribution in [0.4, 0.5) is 0 Å². The van der Waals surface area contributed by atoms with E-state index in [2.05, 4.69) is 18.8 Å². The fraction of sp³-hybridized carbons (Fsp3) is 0.200. The van der Waals surface area contributed by atoms with Gasteiger partial charge in [0, 0.05) is 6.04 Å². The number of nitrogens with two attached hydrogens (primary N) is 1. The summed E-state index contributed by atoms with van der Waals surface area (Å²) in [4.78, 5) is 19.1. The first kappa shape index (κ1) is 31.5. The van der Waals surface area contributed by atoms with Crippen molar-refractivity contribution in [1.82, 2.24) is 0 Å². The average molecular weight is 905 g/mol. The topological polar surface area (TPSA) is 75.5 Å². The molecule has 180 valence electrons. The Morgan fingerprint density at radius 2 is 1.00 bits per heavy atom. The van der Waals surface area contributed by atoms with Gasteiger partial charge in [0.15, 0.2) is 0 Å². The highest BCUT2D eigenvalue weighted by molar-refractivity contribution is 14.0. The maximum Gasteiger partial charge on any atom is 0.0709 e. The van der Waals surface area contributed by atoms with Gasteiger partial charge < -0.3 is 5.73 Å². The summed E-state index contributed by atoms with van der Waals surface area (Å²) in [6, 6.07) is -0.130. The first-order chi connectivity index (χ1) is 14.5. The summed E-state index contributed by atoms with van der Waals surface area (Å²) in [5.41, 5.74) is 15.7. The van der Waals surface area contributed by atoms with Crippen LogP contribution in [0.2, 0.25) is 0 Å². The lowest BCUT2D eigenvalue weighted by molar-refractivity contribution is 0.769. The van der Waals surface area contributed by atoms with Gasteiger partial charge in [-0.15, -0.1) is 95.9 Å². The molecule has 0 aromatic heterocycles. The van der Waals surface area contributed by atoms with Crippen molar-refractivity contribution in [2.75, 3.05) is 0 Å². The molecule has 0 saturated heterocycles. The van der Waals surface area contributed by atoms with Gasteiger partial charge in [-0.05, 0) is 84.7 Å². The Morgan fingerprint density at radius 3 is 1.44 bits per heavy atom. The highest BCUT2D eigenvalue weighted by Crippen LogP contribution is 2.34. The van der Waals surface area contributed by atoms with Gasteiger partial charge in [0.05, 0.1) is 45.6 Å². The van der Waals surface area contributed by atoms with Crippen molar-refractivity contribution in [3.8, 4) is 0 Å². The molecule has 5 heterocycles. The van der Waals surface area contributed by atoms with Crippen LogP contribution >= 0.6 is 95.9 Å². The molecule has 1 atom stereocenters. The fourth-order valence-electron chi connectivity index (χ4n) is 4.08. The Labute approximate surface area is 268 Å². The van der Waals surface area contributed by atoms with Crippen molar-refractivity contribution in [3.05, 3.63) is 94.7 Å². The summed E-state index contributed by atoms with van der Waals surface area (Å²) >= 11 is 0. The van der Waals surface area contributed by atoms with Crippen LogP contribution in [-0.2, 0) is 0 Å². The van der Waals surface area contributed by atoms with Gasteiger partial charge in [0.1, 0.15) is 0 Å². The highest BCUT2D eigenvalue weighted by atomic mass is 127. The van der Waals surface area contributed by atoms with Gasteiger partial charge in [-0.2, -0.15) is 0 Å². The molecular formula is C25H27I4N5. The summed E-state index contributed by atoms with van der Waals surface area (Å²) in [6.07, 6.45) is 20.0. The molecule has 5 aliphatic heterocycles. The minimum atomic E-state index is -0.130. The van der Waals surface area contributed by atoms with E-state index >= 15 is 0 Å². The van der Waals surface area contributed by atoms with Crippen molar-refractivity contribution < 1.29 is 0 Å². The molecule has 9 heteroatoms. The second-order valence-electron chi connectivity index (χ2n) is 8.11. The molecule has 5 nitrogen and oxygen atoms in total. The van der Waals surface area contributed by atoms with Crippen LogP contribution in [0.5, 0.6) is 0 Å². The molecule has 2 N–H and O–H groups in total. The van der Waals surface area contributed by atoms with Crippen LogP contribution in [0.25, 0.3) is 0 Å². The Kier molecular flexibility index (Phi) is 12.2. The maximum absolute atomic E-state index is 6.39. The second kappa shape index (κ2) is 13.1. The quantitative estimate of drug-likeness (QED) is 0.305. The third-order valence-corrected chi connectivity index (χ3v) is 5.33. The number of nitrogens with zero attached hydrogens (tertiary/aromatic N) is 4. The monoisotopic (exact) mass is 905 g/mol. The zero-order valence-electron chi connectivity index (χ0n) is 18.9. The molecule has 0 aliphatic carbocycles. The Morgan fingerprint density at radius 1 is 0.559 bits per heavy atom. The number of hydrogen-bond acceptors (Lipinski definition) is 5. The fourth-order valence-corrected chi connectivity index (χ4v) is 4.08. The van der Waals surface area contributed by atoms with Crippen molar-refractivity contribution in [2.45, 2.75) is 26.8 Å². The molecule has 0 aromatic rings. The minimum absolute atomic E-state index is 0. The molecule has 1 unspecified atom stereocenters. The van der Waals surface area contributed by atoms with Crippen LogP contribution in [0.15, 0.2) is 115 Å². The summed E-state index contributed by atoms with van der Waals surface area (Å²) in [7, 11) is 0. The van der Waals surface area contributed by atoms with E-state index in [4.69, 9.17) is 20.7 Å². The molecule has 5 aliphatic rings. The lowest BCUT2D eigenvalue weighted by Gasteiger charge is -2.15. The van der Waals surface area contributed by atoms with Crippen LogP contribution in [0.1, 0.15) is 20.8 Å². The smallest absolute Gasteiger partial charge is 0.0709 e. The first-order valence-electron chi connectivity index (χ1n) is 10.2. The van der Waals surface area contributed by atoms with Crippen LogP contribution in [0.3, 0.4) is 0 Å². The summed E-state index contributed by atoms with van der Waals surface area (Å²) in [5, 5.41) is 0. The number of aliphatic imine (C=N–C) groups is 4. The van der Waals surface area contributed by atoms with Crippen molar-refractivity contribution >= 4 is 119 Å². The molecule has 0 spiro atoms. The summed E-state index contributed by atoms with van der Waals surface area (Å²) in [5.74, 6) is 0.290. The van der Waals surface area contributed by atoms with Crippen LogP contribution < -0.4 is 5.73 Å². The number of halogens is 4. The van der Waals surface area contributed by atoms with Crippen LogP contribution in [-0.4, -0.2) is 28.9 Å². The molecule has 0 saturated carbocycles. The molecule has 0 fully saturated rings. The summed E-state index contributed by atoms with van der Waals surface area (Å²) < 4.78 is 0. The number of hydrogen-bond donors (Lipinski definition) is 1. The van der Waals surface area contributed by atoms with E-state index in [1.54, 1.807) is 0 Å². The minimum Gasteiger partial charge on any atom is -0.324 e. The molecular weight excluding hydrogens is 878 g/mol. The van der Waals surface area contributed by atoms with Gasteiger partial charge >= 0.3 is 0 Å². The number of rotatable bonds is 2. The SMILES string of the molecule is CC(C)C1=C(C(C)N)C2=CC3=NC(=CC4=NC(=CC5=NC(=CC1=N2)C=C5)C=C4)C=C3.I.I.I.I. The van der Waals surface area contributed by atoms with Gasteiger partial charge in [0.2, 0.25) is 0 Å². The third kappa shape index (κ3) is 6.62. The molecule has 5 rings (SSSR count). The van der Waals surface area contributed by atoms with Crippen molar-refractivity contribution in [3.63, 3.8) is 0 Å². The van der Waals surface area contributed by atoms with E-state index in [1.165, 1.54) is 5.57 Å². The highest BCUT2D eigenvalue weighted by Gasteiger charge is 2.28. The van der Waals surface area contributed by atoms with E-state index < -0.39 is 0 Å². The lowest BCUT2D eigenvalue weighted by Crippen LogP contribution is -2.21. The normalized spacial score (nSPS) is 19.9. The Bertz CT molecular complexity index is 1230. The van der Waals surface area contributed by atoms with E-state index in [0.29, 0.717) is 0 Å². The number of allylic oxidation sites excluding steroid dienone is 11. The summed E-state index contributed by atoms with van der Waals surface area (Å²) in [6.45, 7) is 6.36. The first-order valence-corrected chi connectivity index (χ1v) is 10.2. The zero-order valence-corrected chi connectivity index (χ0v) is 28.2. The lowest BCUT2D eigenvalue weighted by atomic mass is 9.90. The Balaban J connectivity index is 0.00000144. The Hall–Kier alpha value is -0.520. The third-order valence-electron chi connectivity index (χ3n) is 5.33. The van der Waals surface area contributed by atoms with E-state index in [1.807, 2.05) is 67.7 Å².